The van der Waals surface area contributed by atoms with Crippen molar-refractivity contribution in [3.05, 3.63) is 80.2 Å². The fourth-order valence-electron chi connectivity index (χ4n) is 3.50. The second-order valence-corrected chi connectivity index (χ2v) is 7.36. The van der Waals surface area contributed by atoms with Crippen LogP contribution in [0.2, 0.25) is 5.02 Å². The highest BCUT2D eigenvalue weighted by Crippen LogP contribution is 2.25. The van der Waals surface area contributed by atoms with E-state index in [2.05, 4.69) is 22.9 Å². The predicted molar refractivity (Wildman–Crippen MR) is 109 cm³/mol. The molecule has 4 rings (SSSR count). The number of hydrogen-bond acceptors (Lipinski definition) is 4. The number of nitrogen functional groups attached to an aromatic ring is 1. The van der Waals surface area contributed by atoms with Gasteiger partial charge in [0.15, 0.2) is 0 Å². The van der Waals surface area contributed by atoms with Gasteiger partial charge in [-0.2, -0.15) is 0 Å². The number of aromatic nitrogens is 2. The van der Waals surface area contributed by atoms with Crippen LogP contribution >= 0.6 is 11.6 Å². The lowest BCUT2D eigenvalue weighted by Crippen LogP contribution is -2.35. The molecule has 0 unspecified atom stereocenters. The van der Waals surface area contributed by atoms with Gasteiger partial charge in [-0.25, -0.2) is 4.98 Å². The molecular weight excluding hydrogens is 360 g/mol. The highest BCUT2D eigenvalue weighted by molar-refractivity contribution is 6.31. The van der Waals surface area contributed by atoms with E-state index in [9.17, 15) is 4.79 Å². The summed E-state index contributed by atoms with van der Waals surface area (Å²) in [5.41, 5.74) is 11.1. The van der Waals surface area contributed by atoms with Crippen molar-refractivity contribution in [1.82, 2.24) is 14.9 Å². The predicted octanol–water partition coefficient (Wildman–Crippen LogP) is 3.54. The van der Waals surface area contributed by atoms with Crippen LogP contribution in [0.4, 0.5) is 5.69 Å². The van der Waals surface area contributed by atoms with Crippen LogP contribution < -0.4 is 11.3 Å². The number of rotatable bonds is 3. The van der Waals surface area contributed by atoms with Crippen LogP contribution in [0.3, 0.4) is 0 Å². The summed E-state index contributed by atoms with van der Waals surface area (Å²) in [7, 11) is 0. The molecular formula is C21H21ClN4O. The lowest BCUT2D eigenvalue weighted by molar-refractivity contribution is 0.240. The molecule has 1 aromatic heterocycles. The van der Waals surface area contributed by atoms with Crippen molar-refractivity contribution in [2.24, 2.45) is 0 Å². The quantitative estimate of drug-likeness (QED) is 0.681. The molecule has 0 saturated heterocycles. The smallest absolute Gasteiger partial charge is 0.254 e. The van der Waals surface area contributed by atoms with Gasteiger partial charge in [-0.3, -0.25) is 9.69 Å². The summed E-state index contributed by atoms with van der Waals surface area (Å²) in [5.74, 6) is 0.578. The Balaban J connectivity index is 1.63. The zero-order valence-corrected chi connectivity index (χ0v) is 15.9. The van der Waals surface area contributed by atoms with Gasteiger partial charge in [-0.05, 0) is 54.8 Å². The van der Waals surface area contributed by atoms with Crippen LogP contribution in [0.5, 0.6) is 0 Å². The molecule has 1 aliphatic heterocycles. The molecule has 2 heterocycles. The standard InChI is InChI=1S/C21H21ClN4O/c1-13-3-2-4-18(22)17(13)11-26-10-9-16-19(12-26)24-20(25-21(16)27)14-5-7-15(23)8-6-14/h2-8H,9-12,23H2,1H3,(H,24,25,27). The maximum Gasteiger partial charge on any atom is 0.254 e. The number of H-pyrrole nitrogens is 1. The molecule has 27 heavy (non-hydrogen) atoms. The highest BCUT2D eigenvalue weighted by Gasteiger charge is 2.22. The lowest BCUT2D eigenvalue weighted by atomic mass is 10.0. The van der Waals surface area contributed by atoms with Crippen LogP contribution in [-0.4, -0.2) is 21.4 Å². The topological polar surface area (TPSA) is 75.0 Å². The molecule has 6 heteroatoms. The highest BCUT2D eigenvalue weighted by atomic mass is 35.5. The Hall–Kier alpha value is -2.63. The average molecular weight is 381 g/mol. The third kappa shape index (κ3) is 3.61. The van der Waals surface area contributed by atoms with Gasteiger partial charge >= 0.3 is 0 Å². The number of fused-ring (bicyclic) bond motifs is 1. The van der Waals surface area contributed by atoms with E-state index in [0.717, 1.165) is 40.5 Å². The number of hydrogen-bond donors (Lipinski definition) is 2. The zero-order valence-electron chi connectivity index (χ0n) is 15.1. The fourth-order valence-corrected chi connectivity index (χ4v) is 3.78. The van der Waals surface area contributed by atoms with E-state index in [-0.39, 0.29) is 5.56 Å². The molecule has 3 N–H and O–H groups in total. The Morgan fingerprint density at radius 3 is 2.74 bits per heavy atom. The number of anilines is 1. The minimum absolute atomic E-state index is 0.0552. The van der Waals surface area contributed by atoms with Crippen LogP contribution in [0.15, 0.2) is 47.3 Å². The zero-order chi connectivity index (χ0) is 19.0. The summed E-state index contributed by atoms with van der Waals surface area (Å²) in [5, 5.41) is 0.780. The van der Waals surface area contributed by atoms with Crippen LogP contribution in [0.25, 0.3) is 11.4 Å². The van der Waals surface area contributed by atoms with Crippen LogP contribution in [-0.2, 0) is 19.5 Å². The van der Waals surface area contributed by atoms with Gasteiger partial charge in [-0.15, -0.1) is 0 Å². The largest absolute Gasteiger partial charge is 0.399 e. The first kappa shape index (κ1) is 17.8. The first-order valence-electron chi connectivity index (χ1n) is 8.95. The van der Waals surface area contributed by atoms with Crippen molar-refractivity contribution in [3.63, 3.8) is 0 Å². The maximum absolute atomic E-state index is 12.5. The van der Waals surface area contributed by atoms with Crippen molar-refractivity contribution < 1.29 is 0 Å². The summed E-state index contributed by atoms with van der Waals surface area (Å²) in [4.78, 5) is 22.5. The minimum Gasteiger partial charge on any atom is -0.399 e. The molecule has 0 spiro atoms. The summed E-state index contributed by atoms with van der Waals surface area (Å²) in [6.07, 6.45) is 0.684. The number of nitrogens with one attached hydrogen (secondary N) is 1. The molecule has 0 aliphatic carbocycles. The molecule has 0 saturated carbocycles. The molecule has 0 bridgehead atoms. The van der Waals surface area contributed by atoms with E-state index < -0.39 is 0 Å². The van der Waals surface area contributed by atoms with Gasteiger partial charge < -0.3 is 10.7 Å². The molecule has 0 amide bonds. The van der Waals surface area contributed by atoms with Gasteiger partial charge in [-0.1, -0.05) is 23.7 Å². The normalized spacial score (nSPS) is 14.1. The van der Waals surface area contributed by atoms with Crippen molar-refractivity contribution in [1.29, 1.82) is 0 Å². The maximum atomic E-state index is 12.5. The molecule has 138 valence electrons. The molecule has 5 nitrogen and oxygen atoms in total. The Bertz CT molecular complexity index is 1020. The summed E-state index contributed by atoms with van der Waals surface area (Å²) in [6.45, 7) is 4.26. The average Bonchev–Trinajstić information content (AvgIpc) is 2.65. The second kappa shape index (κ2) is 7.18. The van der Waals surface area contributed by atoms with Gasteiger partial charge in [0.25, 0.3) is 5.56 Å². The molecule has 0 atom stereocenters. The van der Waals surface area contributed by atoms with Crippen molar-refractivity contribution in [2.75, 3.05) is 12.3 Å². The number of benzene rings is 2. The first-order chi connectivity index (χ1) is 13.0. The summed E-state index contributed by atoms with van der Waals surface area (Å²) in [6, 6.07) is 13.3. The van der Waals surface area contributed by atoms with Gasteiger partial charge in [0.2, 0.25) is 0 Å². The third-order valence-electron chi connectivity index (χ3n) is 5.07. The monoisotopic (exact) mass is 380 g/mol. The minimum atomic E-state index is -0.0552. The number of halogens is 1. The van der Waals surface area contributed by atoms with Crippen molar-refractivity contribution >= 4 is 17.3 Å². The van der Waals surface area contributed by atoms with Gasteiger partial charge in [0.1, 0.15) is 5.82 Å². The number of nitrogens with two attached hydrogens (primary N) is 1. The fraction of sp³-hybridized carbons (Fsp3) is 0.238. The summed E-state index contributed by atoms with van der Waals surface area (Å²) >= 11 is 6.38. The second-order valence-electron chi connectivity index (χ2n) is 6.96. The molecule has 0 radical (unpaired) electrons. The summed E-state index contributed by atoms with van der Waals surface area (Å²) < 4.78 is 0. The van der Waals surface area contributed by atoms with Crippen LogP contribution in [0.1, 0.15) is 22.4 Å². The lowest BCUT2D eigenvalue weighted by Gasteiger charge is -2.28. The van der Waals surface area contributed by atoms with Gasteiger partial charge in [0, 0.05) is 41.5 Å². The molecule has 2 aromatic carbocycles. The Kier molecular flexibility index (Phi) is 4.72. The number of aryl methyl sites for hydroxylation is 1. The van der Waals surface area contributed by atoms with E-state index in [1.165, 1.54) is 5.56 Å². The van der Waals surface area contributed by atoms with E-state index in [1.54, 1.807) is 12.1 Å². The van der Waals surface area contributed by atoms with E-state index in [4.69, 9.17) is 22.3 Å². The Labute approximate surface area is 162 Å². The molecule has 0 fully saturated rings. The Morgan fingerprint density at radius 1 is 1.22 bits per heavy atom. The van der Waals surface area contributed by atoms with Crippen LogP contribution in [0, 0.1) is 6.92 Å². The van der Waals surface area contributed by atoms with E-state index in [1.807, 2.05) is 24.3 Å². The van der Waals surface area contributed by atoms with E-state index >= 15 is 0 Å². The third-order valence-corrected chi connectivity index (χ3v) is 5.43. The van der Waals surface area contributed by atoms with Crippen molar-refractivity contribution in [2.45, 2.75) is 26.4 Å². The SMILES string of the molecule is Cc1cccc(Cl)c1CN1CCc2c(nc(-c3ccc(N)cc3)[nH]c2=O)C1. The van der Waals surface area contributed by atoms with Crippen molar-refractivity contribution in [3.8, 4) is 11.4 Å². The van der Waals surface area contributed by atoms with Gasteiger partial charge in [0.05, 0.1) is 5.69 Å². The molecule has 1 aliphatic rings. The Morgan fingerprint density at radius 2 is 2.00 bits per heavy atom. The number of aromatic amines is 1. The van der Waals surface area contributed by atoms with E-state index in [0.29, 0.717) is 24.5 Å². The molecule has 3 aromatic rings. The number of nitrogens with zero attached hydrogens (tertiary/aromatic N) is 2. The first-order valence-corrected chi connectivity index (χ1v) is 9.33.